The summed E-state index contributed by atoms with van der Waals surface area (Å²) in [6.45, 7) is 5.01. The maximum absolute atomic E-state index is 12.0. The Balaban J connectivity index is 2.71. The number of hydrogen-bond donors (Lipinski definition) is 1. The summed E-state index contributed by atoms with van der Waals surface area (Å²) >= 11 is 0. The Kier molecular flexibility index (Phi) is 7.40. The molecule has 1 N–H and O–H groups in total. The van der Waals surface area contributed by atoms with E-state index in [0.29, 0.717) is 24.3 Å². The Bertz CT molecular complexity index is 402. The van der Waals surface area contributed by atoms with Crippen molar-refractivity contribution < 1.29 is 14.3 Å². The molecule has 0 amide bonds. The van der Waals surface area contributed by atoms with E-state index >= 15 is 0 Å². The summed E-state index contributed by atoms with van der Waals surface area (Å²) in [4.78, 5) is 12.0. The molecule has 0 heterocycles. The molecule has 0 aliphatic heterocycles. The molecular formula is C16H23NO3. The summed E-state index contributed by atoms with van der Waals surface area (Å²) in [5.41, 5.74) is 0.884. The predicted octanol–water partition coefficient (Wildman–Crippen LogP) is 3.79. The van der Waals surface area contributed by atoms with Gasteiger partial charge in [-0.05, 0) is 25.0 Å². The van der Waals surface area contributed by atoms with Gasteiger partial charge in [-0.25, -0.2) is 4.79 Å². The molecule has 1 aromatic rings. The highest BCUT2D eigenvalue weighted by molar-refractivity contribution is 6.04. The molecule has 0 aliphatic rings. The van der Waals surface area contributed by atoms with Gasteiger partial charge in [0.25, 0.3) is 0 Å². The van der Waals surface area contributed by atoms with Crippen LogP contribution in [0.3, 0.4) is 0 Å². The molecule has 20 heavy (non-hydrogen) atoms. The van der Waals surface area contributed by atoms with Crippen LogP contribution in [0.15, 0.2) is 24.3 Å². The molecule has 0 spiro atoms. The normalized spacial score (nSPS) is 10.1. The van der Waals surface area contributed by atoms with Gasteiger partial charge in [0.05, 0.1) is 24.3 Å². The second-order valence-electron chi connectivity index (χ2n) is 4.57. The molecule has 0 fully saturated rings. The van der Waals surface area contributed by atoms with Crippen LogP contribution in [0.1, 0.15) is 55.5 Å². The van der Waals surface area contributed by atoms with E-state index in [1.165, 1.54) is 0 Å². The Morgan fingerprint density at radius 3 is 2.15 bits per heavy atom. The minimum Gasteiger partial charge on any atom is -0.478 e. The Hall–Kier alpha value is -1.84. The molecule has 0 radical (unpaired) electrons. The minimum atomic E-state index is -0.391. The van der Waals surface area contributed by atoms with Gasteiger partial charge in [-0.2, -0.15) is 0 Å². The summed E-state index contributed by atoms with van der Waals surface area (Å²) in [6.07, 6.45) is 3.72. The number of esters is 1. The van der Waals surface area contributed by atoms with Gasteiger partial charge in [0.1, 0.15) is 0 Å². The van der Waals surface area contributed by atoms with Crippen LogP contribution < -0.4 is 0 Å². The lowest BCUT2D eigenvalue weighted by molar-refractivity contribution is 0.0499. The van der Waals surface area contributed by atoms with Crippen molar-refractivity contribution in [1.29, 1.82) is 5.41 Å². The summed E-state index contributed by atoms with van der Waals surface area (Å²) < 4.78 is 10.6. The zero-order valence-electron chi connectivity index (χ0n) is 12.3. The van der Waals surface area contributed by atoms with Crippen molar-refractivity contribution in [1.82, 2.24) is 0 Å². The lowest BCUT2D eigenvalue weighted by Crippen LogP contribution is -2.14. The van der Waals surface area contributed by atoms with Gasteiger partial charge in [-0.15, -0.1) is 0 Å². The Labute approximate surface area is 120 Å². The van der Waals surface area contributed by atoms with Crippen LogP contribution in [-0.2, 0) is 9.47 Å². The summed E-state index contributed by atoms with van der Waals surface area (Å²) in [6, 6.07) is 6.93. The average molecular weight is 277 g/mol. The van der Waals surface area contributed by atoms with Crippen molar-refractivity contribution in [3.63, 3.8) is 0 Å². The minimum absolute atomic E-state index is 0.0292. The number of nitrogens with one attached hydrogen (secondary N) is 1. The first-order valence-electron chi connectivity index (χ1n) is 7.18. The third-order valence-corrected chi connectivity index (χ3v) is 2.87. The van der Waals surface area contributed by atoms with Crippen LogP contribution in [0.4, 0.5) is 0 Å². The number of ether oxygens (including phenoxy) is 2. The molecule has 0 saturated heterocycles. The molecular weight excluding hydrogens is 254 g/mol. The van der Waals surface area contributed by atoms with Crippen molar-refractivity contribution in [3.8, 4) is 0 Å². The van der Waals surface area contributed by atoms with Crippen LogP contribution in [0.5, 0.6) is 0 Å². The lowest BCUT2D eigenvalue weighted by atomic mass is 10.1. The number of carbonyl (C=O) groups is 1. The van der Waals surface area contributed by atoms with Crippen LogP contribution in [-0.4, -0.2) is 25.1 Å². The topological polar surface area (TPSA) is 59.4 Å². The van der Waals surface area contributed by atoms with E-state index in [2.05, 4.69) is 6.92 Å². The molecule has 0 aliphatic carbocycles. The first kappa shape index (κ1) is 16.2. The van der Waals surface area contributed by atoms with Gasteiger partial charge in [0.2, 0.25) is 5.90 Å². The van der Waals surface area contributed by atoms with Crippen LogP contribution in [0, 0.1) is 5.41 Å². The molecule has 110 valence electrons. The highest BCUT2D eigenvalue weighted by Gasteiger charge is 2.16. The lowest BCUT2D eigenvalue weighted by Gasteiger charge is -2.11. The molecule has 4 heteroatoms. The molecule has 0 atom stereocenters. The van der Waals surface area contributed by atoms with Crippen molar-refractivity contribution in [2.45, 2.75) is 39.5 Å². The molecule has 1 aromatic carbocycles. The summed E-state index contributed by atoms with van der Waals surface area (Å²) in [5, 5.41) is 7.93. The second-order valence-corrected chi connectivity index (χ2v) is 4.57. The van der Waals surface area contributed by atoms with E-state index in [4.69, 9.17) is 14.9 Å². The molecule has 0 unspecified atom stereocenters. The monoisotopic (exact) mass is 277 g/mol. The number of carbonyl (C=O) groups excluding carboxylic acids is 1. The third kappa shape index (κ3) is 5.03. The number of hydrogen-bond acceptors (Lipinski definition) is 4. The Morgan fingerprint density at radius 2 is 1.55 bits per heavy atom. The van der Waals surface area contributed by atoms with Crippen molar-refractivity contribution in [2.24, 2.45) is 0 Å². The van der Waals surface area contributed by atoms with Crippen molar-refractivity contribution in [3.05, 3.63) is 35.4 Å². The number of benzene rings is 1. The number of rotatable bonds is 8. The molecule has 1 rings (SSSR count). The zero-order valence-corrected chi connectivity index (χ0v) is 12.3. The highest BCUT2D eigenvalue weighted by atomic mass is 16.5. The summed E-state index contributed by atoms with van der Waals surface area (Å²) in [5.74, 6) is -0.362. The van der Waals surface area contributed by atoms with Gasteiger partial charge in [0, 0.05) is 0 Å². The van der Waals surface area contributed by atoms with E-state index < -0.39 is 5.97 Å². The van der Waals surface area contributed by atoms with Crippen LogP contribution >= 0.6 is 0 Å². The maximum atomic E-state index is 12.0. The van der Waals surface area contributed by atoms with E-state index in [1.54, 1.807) is 24.3 Å². The standard InChI is InChI=1S/C16H23NO3/c1-3-5-11-19-15(17)13-9-7-8-10-14(13)16(18)20-12-6-4-2/h7-10,17H,3-6,11-12H2,1-2H3. The smallest absolute Gasteiger partial charge is 0.338 e. The first-order chi connectivity index (χ1) is 9.70. The predicted molar refractivity (Wildman–Crippen MR) is 79.3 cm³/mol. The molecule has 0 aromatic heterocycles. The van der Waals surface area contributed by atoms with Gasteiger partial charge < -0.3 is 9.47 Å². The molecule has 4 nitrogen and oxygen atoms in total. The van der Waals surface area contributed by atoms with Crippen molar-refractivity contribution >= 4 is 11.9 Å². The maximum Gasteiger partial charge on any atom is 0.338 e. The SMILES string of the molecule is CCCCOC(=N)c1ccccc1C(=O)OCCCC. The van der Waals surface area contributed by atoms with Crippen molar-refractivity contribution in [2.75, 3.05) is 13.2 Å². The largest absolute Gasteiger partial charge is 0.478 e. The number of unbranched alkanes of at least 4 members (excludes halogenated alkanes) is 2. The van der Waals surface area contributed by atoms with Gasteiger partial charge in [-0.3, -0.25) is 5.41 Å². The Morgan fingerprint density at radius 1 is 1.00 bits per heavy atom. The quantitative estimate of drug-likeness (QED) is 0.340. The third-order valence-electron chi connectivity index (χ3n) is 2.87. The van der Waals surface area contributed by atoms with E-state index in [-0.39, 0.29) is 5.90 Å². The van der Waals surface area contributed by atoms with E-state index in [1.807, 2.05) is 6.92 Å². The summed E-state index contributed by atoms with van der Waals surface area (Å²) in [7, 11) is 0. The van der Waals surface area contributed by atoms with Crippen LogP contribution in [0.2, 0.25) is 0 Å². The van der Waals surface area contributed by atoms with E-state index in [9.17, 15) is 4.79 Å². The van der Waals surface area contributed by atoms with Crippen LogP contribution in [0.25, 0.3) is 0 Å². The fraction of sp³-hybridized carbons (Fsp3) is 0.500. The van der Waals surface area contributed by atoms with E-state index in [0.717, 1.165) is 25.7 Å². The molecule has 0 bridgehead atoms. The molecule has 0 saturated carbocycles. The van der Waals surface area contributed by atoms with Gasteiger partial charge >= 0.3 is 5.97 Å². The average Bonchev–Trinajstić information content (AvgIpc) is 2.47. The first-order valence-corrected chi connectivity index (χ1v) is 7.18. The fourth-order valence-electron chi connectivity index (χ4n) is 1.64. The van der Waals surface area contributed by atoms with Gasteiger partial charge in [0.15, 0.2) is 0 Å². The highest BCUT2D eigenvalue weighted by Crippen LogP contribution is 2.12. The second kappa shape index (κ2) is 9.13. The zero-order chi connectivity index (χ0) is 14.8. The fourth-order valence-corrected chi connectivity index (χ4v) is 1.64. The van der Waals surface area contributed by atoms with Gasteiger partial charge in [-0.1, -0.05) is 38.8 Å².